The second-order valence-corrected chi connectivity index (χ2v) is 5.48. The van der Waals surface area contributed by atoms with Gasteiger partial charge in [-0.1, -0.05) is 0 Å². The predicted molar refractivity (Wildman–Crippen MR) is 87.9 cm³/mol. The summed E-state index contributed by atoms with van der Waals surface area (Å²) in [5.74, 6) is 0. The number of halogens is 8. The summed E-state index contributed by atoms with van der Waals surface area (Å²) in [5.41, 5.74) is 0. The second-order valence-electron chi connectivity index (χ2n) is 5.48. The molecule has 0 unspecified atom stereocenters. The minimum absolute atomic E-state index is 0.0531. The van der Waals surface area contributed by atoms with Gasteiger partial charge in [-0.3, -0.25) is 0 Å². The van der Waals surface area contributed by atoms with Gasteiger partial charge in [0.25, 0.3) is 0 Å². The van der Waals surface area contributed by atoms with Crippen LogP contribution in [0.4, 0.5) is 35.1 Å². The summed E-state index contributed by atoms with van der Waals surface area (Å²) in [5, 5.41) is 0. The van der Waals surface area contributed by atoms with Crippen molar-refractivity contribution in [3.63, 3.8) is 0 Å². The van der Waals surface area contributed by atoms with Gasteiger partial charge in [-0.05, 0) is 0 Å². The van der Waals surface area contributed by atoms with E-state index in [0.29, 0.717) is 0 Å². The van der Waals surface area contributed by atoms with Gasteiger partial charge >= 0.3 is 25.1 Å². The Morgan fingerprint density at radius 1 is 0.387 bits per heavy atom. The molecule has 0 saturated carbocycles. The van der Waals surface area contributed by atoms with Crippen LogP contribution in [0, 0.1) is 0 Å². The molecule has 15 heteroatoms. The Bertz CT molecular complexity index is 383. The zero-order chi connectivity index (χ0) is 23.6. The molecular weight excluding hydrogens is 456 g/mol. The van der Waals surface area contributed by atoms with Gasteiger partial charge in [-0.15, -0.1) is 0 Å². The van der Waals surface area contributed by atoms with E-state index >= 15 is 0 Å². The van der Waals surface area contributed by atoms with Gasteiger partial charge in [0.05, 0.1) is 79.3 Å². The van der Waals surface area contributed by atoms with Gasteiger partial charge in [0, 0.05) is 0 Å². The van der Waals surface area contributed by atoms with Crippen LogP contribution in [0.3, 0.4) is 0 Å². The molecule has 0 spiro atoms. The van der Waals surface area contributed by atoms with E-state index in [1.54, 1.807) is 0 Å². The molecule has 0 aliphatic rings. The Labute approximate surface area is 173 Å². The van der Waals surface area contributed by atoms with Crippen LogP contribution in [0.25, 0.3) is 0 Å². The largest absolute Gasteiger partial charge is 0.416 e. The Hall–Kier alpha value is -0.840. The van der Waals surface area contributed by atoms with E-state index in [2.05, 4.69) is 9.47 Å². The Morgan fingerprint density at radius 2 is 0.581 bits per heavy atom. The van der Waals surface area contributed by atoms with E-state index in [1.807, 2.05) is 0 Å². The number of alkyl halides is 8. The van der Waals surface area contributed by atoms with Crippen molar-refractivity contribution in [2.75, 3.05) is 79.3 Å². The van der Waals surface area contributed by atoms with E-state index in [1.165, 1.54) is 0 Å². The predicted octanol–water partition coefficient (Wildman–Crippen LogP) is 2.82. The van der Waals surface area contributed by atoms with Crippen molar-refractivity contribution in [1.82, 2.24) is 0 Å². The summed E-state index contributed by atoms with van der Waals surface area (Å²) in [7, 11) is 0. The van der Waals surface area contributed by atoms with E-state index < -0.39 is 38.3 Å². The standard InChI is InChI=1S/C16H26F8O7/c17-13(18)15(21,22)30-11-9-28-7-5-26-3-1-25-2-4-27-6-8-29-10-12-31-16(23,24)14(19)20/h13-14H,1-12H2. The molecule has 188 valence electrons. The molecule has 0 amide bonds. The molecule has 0 atom stereocenters. The van der Waals surface area contributed by atoms with Crippen molar-refractivity contribution in [2.45, 2.75) is 25.1 Å². The summed E-state index contributed by atoms with van der Waals surface area (Å²) in [6.45, 7) is -0.678. The molecule has 0 aromatic heterocycles. The second kappa shape index (κ2) is 17.7. The first-order chi connectivity index (χ1) is 14.6. The van der Waals surface area contributed by atoms with Gasteiger partial charge in [0.2, 0.25) is 0 Å². The summed E-state index contributed by atoms with van der Waals surface area (Å²) in [6, 6.07) is 0. The van der Waals surface area contributed by atoms with Crippen LogP contribution < -0.4 is 0 Å². The zero-order valence-corrected chi connectivity index (χ0v) is 16.5. The Balaban J connectivity index is 3.22. The van der Waals surface area contributed by atoms with Gasteiger partial charge in [0.1, 0.15) is 0 Å². The van der Waals surface area contributed by atoms with Crippen LogP contribution in [0.2, 0.25) is 0 Å². The average molecular weight is 482 g/mol. The zero-order valence-electron chi connectivity index (χ0n) is 16.5. The first-order valence-electron chi connectivity index (χ1n) is 9.08. The van der Waals surface area contributed by atoms with Gasteiger partial charge in [0.15, 0.2) is 0 Å². The third-order valence-electron chi connectivity index (χ3n) is 3.04. The van der Waals surface area contributed by atoms with Crippen molar-refractivity contribution in [1.29, 1.82) is 0 Å². The molecule has 0 fully saturated rings. The highest BCUT2D eigenvalue weighted by Gasteiger charge is 2.42. The first-order valence-corrected chi connectivity index (χ1v) is 9.08. The number of hydrogen-bond acceptors (Lipinski definition) is 7. The van der Waals surface area contributed by atoms with Crippen molar-refractivity contribution in [3.8, 4) is 0 Å². The fraction of sp³-hybridized carbons (Fsp3) is 1.00. The molecule has 0 aliphatic heterocycles. The lowest BCUT2D eigenvalue weighted by molar-refractivity contribution is -0.303. The maximum Gasteiger partial charge on any atom is 0.416 e. The fourth-order valence-electron chi connectivity index (χ4n) is 1.58. The van der Waals surface area contributed by atoms with E-state index in [-0.39, 0.29) is 66.1 Å². The van der Waals surface area contributed by atoms with Crippen molar-refractivity contribution in [3.05, 3.63) is 0 Å². The molecule has 0 heterocycles. The van der Waals surface area contributed by atoms with Crippen molar-refractivity contribution >= 4 is 0 Å². The Kier molecular flexibility index (Phi) is 17.2. The van der Waals surface area contributed by atoms with Crippen LogP contribution in [-0.2, 0) is 33.2 Å². The third-order valence-corrected chi connectivity index (χ3v) is 3.04. The SMILES string of the molecule is FC(F)C(F)(F)OCCOCCOCCOCCOCCOCCOC(F)(F)C(F)F. The summed E-state index contributed by atoms with van der Waals surface area (Å²) < 4.78 is 129. The topological polar surface area (TPSA) is 64.6 Å². The lowest BCUT2D eigenvalue weighted by Crippen LogP contribution is -2.31. The molecule has 0 aromatic carbocycles. The highest BCUT2D eigenvalue weighted by atomic mass is 19.3. The Morgan fingerprint density at radius 3 is 0.774 bits per heavy atom. The number of ether oxygens (including phenoxy) is 7. The van der Waals surface area contributed by atoms with E-state index in [9.17, 15) is 35.1 Å². The molecule has 0 aromatic rings. The molecule has 0 saturated heterocycles. The molecule has 7 nitrogen and oxygen atoms in total. The monoisotopic (exact) mass is 482 g/mol. The number of rotatable bonds is 22. The number of hydrogen-bond donors (Lipinski definition) is 0. The molecule has 0 aliphatic carbocycles. The molecular formula is C16H26F8O7. The lowest BCUT2D eigenvalue weighted by atomic mass is 10.6. The lowest BCUT2D eigenvalue weighted by Gasteiger charge is -2.15. The van der Waals surface area contributed by atoms with E-state index in [4.69, 9.17) is 23.7 Å². The smallest absolute Gasteiger partial charge is 0.377 e. The molecule has 0 N–H and O–H groups in total. The van der Waals surface area contributed by atoms with Crippen LogP contribution >= 0.6 is 0 Å². The molecule has 31 heavy (non-hydrogen) atoms. The minimum Gasteiger partial charge on any atom is -0.377 e. The van der Waals surface area contributed by atoms with Crippen molar-refractivity contribution in [2.24, 2.45) is 0 Å². The molecule has 0 rings (SSSR count). The summed E-state index contributed by atoms with van der Waals surface area (Å²) in [4.78, 5) is 0. The van der Waals surface area contributed by atoms with Crippen LogP contribution in [-0.4, -0.2) is 104 Å². The summed E-state index contributed by atoms with van der Waals surface area (Å²) >= 11 is 0. The maximum atomic E-state index is 12.4. The summed E-state index contributed by atoms with van der Waals surface area (Å²) in [6.07, 6.45) is -16.8. The normalized spacial score (nSPS) is 13.0. The van der Waals surface area contributed by atoms with Gasteiger partial charge in [-0.2, -0.15) is 17.6 Å². The van der Waals surface area contributed by atoms with Crippen LogP contribution in [0.5, 0.6) is 0 Å². The van der Waals surface area contributed by atoms with Gasteiger partial charge in [-0.25, -0.2) is 17.6 Å². The van der Waals surface area contributed by atoms with Crippen LogP contribution in [0.15, 0.2) is 0 Å². The minimum atomic E-state index is -4.50. The molecule has 0 bridgehead atoms. The quantitative estimate of drug-likeness (QED) is 0.174. The molecule has 0 radical (unpaired) electrons. The third kappa shape index (κ3) is 17.4. The first kappa shape index (κ1) is 30.2. The highest BCUT2D eigenvalue weighted by molar-refractivity contribution is 4.55. The maximum absolute atomic E-state index is 12.4. The average Bonchev–Trinajstić information content (AvgIpc) is 2.69. The van der Waals surface area contributed by atoms with Gasteiger partial charge < -0.3 is 33.2 Å². The highest BCUT2D eigenvalue weighted by Crippen LogP contribution is 2.24. The van der Waals surface area contributed by atoms with Crippen LogP contribution in [0.1, 0.15) is 0 Å². The fourth-order valence-corrected chi connectivity index (χ4v) is 1.58. The van der Waals surface area contributed by atoms with Crippen molar-refractivity contribution < 1.29 is 68.3 Å². The van der Waals surface area contributed by atoms with E-state index in [0.717, 1.165) is 0 Å².